The maximum absolute atomic E-state index is 12.9. The first-order chi connectivity index (χ1) is 9.21. The molecule has 1 aromatic heterocycles. The van der Waals surface area contributed by atoms with Crippen LogP contribution in [0, 0.1) is 0 Å². The number of alkyl halides is 6. The molecule has 0 radical (unpaired) electrons. The van der Waals surface area contributed by atoms with Gasteiger partial charge < -0.3 is 0 Å². The first-order valence-corrected chi connectivity index (χ1v) is 5.39. The first-order valence-electron chi connectivity index (χ1n) is 5.39. The molecule has 0 amide bonds. The summed E-state index contributed by atoms with van der Waals surface area (Å²) in [7, 11) is 0. The van der Waals surface area contributed by atoms with Crippen molar-refractivity contribution in [2.75, 3.05) is 0 Å². The van der Waals surface area contributed by atoms with E-state index in [0.29, 0.717) is 12.1 Å². The maximum Gasteiger partial charge on any atom is 0.417 e. The highest BCUT2D eigenvalue weighted by molar-refractivity contribution is 5.71. The van der Waals surface area contributed by atoms with Crippen molar-refractivity contribution in [3.8, 4) is 11.1 Å². The van der Waals surface area contributed by atoms with Gasteiger partial charge >= 0.3 is 12.4 Å². The zero-order valence-corrected chi connectivity index (χ0v) is 9.76. The number of hydrogen-bond donors (Lipinski definition) is 0. The van der Waals surface area contributed by atoms with Crippen LogP contribution in [-0.4, -0.2) is 4.98 Å². The van der Waals surface area contributed by atoms with Gasteiger partial charge in [0.1, 0.15) is 0 Å². The van der Waals surface area contributed by atoms with Crippen LogP contribution in [-0.2, 0) is 12.4 Å². The second-order valence-electron chi connectivity index (χ2n) is 3.97. The predicted molar refractivity (Wildman–Crippen MR) is 59.7 cm³/mol. The largest absolute Gasteiger partial charge is 0.417 e. The van der Waals surface area contributed by atoms with Crippen LogP contribution in [0.3, 0.4) is 0 Å². The summed E-state index contributed by atoms with van der Waals surface area (Å²) >= 11 is 0. The third-order valence-corrected chi connectivity index (χ3v) is 2.63. The lowest BCUT2D eigenvalue weighted by atomic mass is 9.94. The van der Waals surface area contributed by atoms with Crippen LogP contribution >= 0.6 is 0 Å². The molecule has 0 fully saturated rings. The van der Waals surface area contributed by atoms with E-state index in [1.807, 2.05) is 0 Å². The third kappa shape index (κ3) is 2.76. The summed E-state index contributed by atoms with van der Waals surface area (Å²) in [5.74, 6) is 0. The van der Waals surface area contributed by atoms with Crippen molar-refractivity contribution >= 4 is 0 Å². The highest BCUT2D eigenvalue weighted by atomic mass is 19.4. The lowest BCUT2D eigenvalue weighted by Crippen LogP contribution is -2.14. The Balaban J connectivity index is 2.80. The average Bonchev–Trinajstić information content (AvgIpc) is 2.37. The van der Waals surface area contributed by atoms with E-state index >= 15 is 0 Å². The van der Waals surface area contributed by atoms with E-state index in [4.69, 9.17) is 0 Å². The molecule has 1 aromatic carbocycles. The summed E-state index contributed by atoms with van der Waals surface area (Å²) < 4.78 is 77.5. The molecule has 1 nitrogen and oxygen atoms in total. The summed E-state index contributed by atoms with van der Waals surface area (Å²) in [6.45, 7) is 0. The van der Waals surface area contributed by atoms with Gasteiger partial charge in [-0.15, -0.1) is 0 Å². The fraction of sp³-hybridized carbons (Fsp3) is 0.154. The van der Waals surface area contributed by atoms with E-state index in [-0.39, 0.29) is 5.56 Å². The molecular formula is C13H7F6N. The zero-order valence-electron chi connectivity index (χ0n) is 9.76. The van der Waals surface area contributed by atoms with Crippen LogP contribution in [0.15, 0.2) is 42.7 Å². The van der Waals surface area contributed by atoms with Gasteiger partial charge in [0.25, 0.3) is 0 Å². The minimum Gasteiger partial charge on any atom is -0.264 e. The van der Waals surface area contributed by atoms with Crippen LogP contribution in [0.2, 0.25) is 0 Å². The van der Waals surface area contributed by atoms with Crippen LogP contribution in [0.5, 0.6) is 0 Å². The van der Waals surface area contributed by atoms with Crippen molar-refractivity contribution in [1.82, 2.24) is 4.98 Å². The molecule has 7 heteroatoms. The molecular weight excluding hydrogens is 284 g/mol. The number of rotatable bonds is 1. The topological polar surface area (TPSA) is 12.9 Å². The van der Waals surface area contributed by atoms with Gasteiger partial charge in [0.2, 0.25) is 0 Å². The van der Waals surface area contributed by atoms with Crippen LogP contribution in [0.4, 0.5) is 26.3 Å². The van der Waals surface area contributed by atoms with Crippen molar-refractivity contribution < 1.29 is 26.3 Å². The Morgan fingerprint density at radius 2 is 1.30 bits per heavy atom. The van der Waals surface area contributed by atoms with Crippen LogP contribution in [0.25, 0.3) is 11.1 Å². The summed E-state index contributed by atoms with van der Waals surface area (Å²) in [6, 6.07) is 4.43. The Bertz CT molecular complexity index is 568. The van der Waals surface area contributed by atoms with Gasteiger partial charge in [-0.25, -0.2) is 0 Å². The van der Waals surface area contributed by atoms with E-state index < -0.39 is 29.0 Å². The monoisotopic (exact) mass is 291 g/mol. The second-order valence-corrected chi connectivity index (χ2v) is 3.97. The number of pyridine rings is 1. The van der Waals surface area contributed by atoms with E-state index in [2.05, 4.69) is 4.98 Å². The van der Waals surface area contributed by atoms with Gasteiger partial charge in [-0.2, -0.15) is 26.3 Å². The second kappa shape index (κ2) is 4.81. The van der Waals surface area contributed by atoms with Crippen molar-refractivity contribution in [1.29, 1.82) is 0 Å². The van der Waals surface area contributed by atoms with E-state index in [9.17, 15) is 26.3 Å². The highest BCUT2D eigenvalue weighted by Gasteiger charge is 2.40. The van der Waals surface area contributed by atoms with Crippen molar-refractivity contribution in [2.45, 2.75) is 12.4 Å². The summed E-state index contributed by atoms with van der Waals surface area (Å²) in [5.41, 5.74) is -3.80. The summed E-state index contributed by atoms with van der Waals surface area (Å²) in [5, 5.41) is 0. The maximum atomic E-state index is 12.9. The molecule has 0 N–H and O–H groups in total. The Kier molecular flexibility index (Phi) is 3.45. The number of hydrogen-bond acceptors (Lipinski definition) is 1. The number of benzene rings is 1. The van der Waals surface area contributed by atoms with Gasteiger partial charge in [0, 0.05) is 23.5 Å². The fourth-order valence-corrected chi connectivity index (χ4v) is 1.85. The molecule has 0 unspecified atom stereocenters. The molecule has 1 heterocycles. The molecule has 0 aliphatic rings. The lowest BCUT2D eigenvalue weighted by Gasteiger charge is -2.18. The predicted octanol–water partition coefficient (Wildman–Crippen LogP) is 4.79. The third-order valence-electron chi connectivity index (χ3n) is 2.63. The van der Waals surface area contributed by atoms with Crippen LogP contribution in [0.1, 0.15) is 11.1 Å². The van der Waals surface area contributed by atoms with Gasteiger partial charge in [0.15, 0.2) is 0 Å². The Morgan fingerprint density at radius 3 is 1.70 bits per heavy atom. The number of halogens is 6. The molecule has 0 aliphatic carbocycles. The van der Waals surface area contributed by atoms with Gasteiger partial charge in [-0.1, -0.05) is 12.1 Å². The molecule has 0 bridgehead atoms. The molecule has 20 heavy (non-hydrogen) atoms. The van der Waals surface area contributed by atoms with Crippen LogP contribution < -0.4 is 0 Å². The normalized spacial score (nSPS) is 12.5. The van der Waals surface area contributed by atoms with Crippen molar-refractivity contribution in [2.24, 2.45) is 0 Å². The standard InChI is InChI=1S/C13H7F6N/c14-12(15,16)9-4-1-5-10(13(17,18)19)11(9)8-3-2-6-20-7-8/h1-7H. The quantitative estimate of drug-likeness (QED) is 0.689. The molecule has 2 aromatic rings. The van der Waals surface area contributed by atoms with E-state index in [1.54, 1.807) is 0 Å². The van der Waals surface area contributed by atoms with Gasteiger partial charge in [-0.3, -0.25) is 4.98 Å². The zero-order chi connectivity index (χ0) is 15.0. The van der Waals surface area contributed by atoms with Gasteiger partial charge in [0.05, 0.1) is 11.1 Å². The fourth-order valence-electron chi connectivity index (χ4n) is 1.85. The minimum absolute atomic E-state index is 0.229. The Morgan fingerprint density at radius 1 is 0.750 bits per heavy atom. The highest BCUT2D eigenvalue weighted by Crippen LogP contribution is 2.44. The average molecular weight is 291 g/mol. The molecule has 0 atom stereocenters. The molecule has 0 saturated carbocycles. The smallest absolute Gasteiger partial charge is 0.264 e. The Hall–Kier alpha value is -2.05. The Labute approximate surface area is 109 Å². The molecule has 2 rings (SSSR count). The SMILES string of the molecule is FC(F)(F)c1cccc(C(F)(F)F)c1-c1cccnc1. The molecule has 0 saturated heterocycles. The molecule has 0 aliphatic heterocycles. The first kappa shape index (κ1) is 14.4. The van der Waals surface area contributed by atoms with E-state index in [0.717, 1.165) is 18.3 Å². The molecule has 0 spiro atoms. The van der Waals surface area contributed by atoms with Crippen molar-refractivity contribution in [3.05, 3.63) is 53.9 Å². The van der Waals surface area contributed by atoms with E-state index in [1.165, 1.54) is 12.3 Å². The van der Waals surface area contributed by atoms with Gasteiger partial charge in [-0.05, 0) is 18.2 Å². The number of nitrogens with zero attached hydrogens (tertiary/aromatic N) is 1. The summed E-state index contributed by atoms with van der Waals surface area (Å²) in [4.78, 5) is 3.57. The summed E-state index contributed by atoms with van der Waals surface area (Å²) in [6.07, 6.45) is -7.52. The number of aromatic nitrogens is 1. The van der Waals surface area contributed by atoms with Crippen molar-refractivity contribution in [3.63, 3.8) is 0 Å². The minimum atomic E-state index is -4.88. The molecule has 106 valence electrons. The lowest BCUT2D eigenvalue weighted by molar-refractivity contribution is -0.142.